The first kappa shape index (κ1) is 14.5. The number of aromatic nitrogens is 2. The summed E-state index contributed by atoms with van der Waals surface area (Å²) in [6, 6.07) is 2.33. The van der Waals surface area contributed by atoms with Gasteiger partial charge in [0.1, 0.15) is 0 Å². The molecule has 19 heavy (non-hydrogen) atoms. The summed E-state index contributed by atoms with van der Waals surface area (Å²) < 4.78 is 1.94. The summed E-state index contributed by atoms with van der Waals surface area (Å²) >= 11 is 0. The number of nitrogens with zero attached hydrogens (tertiary/aromatic N) is 2. The largest absolute Gasteiger partial charge is 0.271 e. The maximum Gasteiger partial charge on any atom is 0.0657 e. The molecule has 0 amide bonds. The van der Waals surface area contributed by atoms with Crippen LogP contribution < -0.4 is 11.3 Å². The highest BCUT2D eigenvalue weighted by molar-refractivity contribution is 5.08. The number of unbranched alkanes of at least 4 members (excludes halogenated alkanes) is 1. The first-order valence-electron chi connectivity index (χ1n) is 7.70. The standard InChI is InChI=1S/C15H28N4/c1-3-4-5-12-6-8-13(9-7-12)15(18-16)14-10-11-17-19(14)2/h10-13,15,18H,3-9,16H2,1-2H3. The predicted octanol–water partition coefficient (Wildman–Crippen LogP) is 2.92. The minimum absolute atomic E-state index is 0.250. The summed E-state index contributed by atoms with van der Waals surface area (Å²) in [4.78, 5) is 0. The molecule has 0 radical (unpaired) electrons. The highest BCUT2D eigenvalue weighted by Crippen LogP contribution is 2.38. The molecule has 0 bridgehead atoms. The molecule has 0 saturated heterocycles. The minimum Gasteiger partial charge on any atom is -0.271 e. The fourth-order valence-electron chi connectivity index (χ4n) is 3.46. The van der Waals surface area contributed by atoms with Gasteiger partial charge in [-0.2, -0.15) is 5.10 Å². The van der Waals surface area contributed by atoms with Crippen molar-refractivity contribution in [3.05, 3.63) is 18.0 Å². The van der Waals surface area contributed by atoms with Gasteiger partial charge in [0.25, 0.3) is 0 Å². The third-order valence-corrected chi connectivity index (χ3v) is 4.69. The molecule has 0 aromatic carbocycles. The molecule has 1 heterocycles. The number of nitrogens with one attached hydrogen (secondary N) is 1. The van der Waals surface area contributed by atoms with E-state index in [1.54, 1.807) is 0 Å². The van der Waals surface area contributed by atoms with Crippen molar-refractivity contribution in [2.24, 2.45) is 24.7 Å². The Morgan fingerprint density at radius 1 is 1.42 bits per heavy atom. The van der Waals surface area contributed by atoms with Crippen molar-refractivity contribution in [3.63, 3.8) is 0 Å². The monoisotopic (exact) mass is 264 g/mol. The summed E-state index contributed by atoms with van der Waals surface area (Å²) in [6.45, 7) is 2.28. The zero-order valence-electron chi connectivity index (χ0n) is 12.3. The van der Waals surface area contributed by atoms with E-state index in [9.17, 15) is 0 Å². The maximum absolute atomic E-state index is 5.79. The Balaban J connectivity index is 1.90. The third-order valence-electron chi connectivity index (χ3n) is 4.69. The molecule has 4 nitrogen and oxygen atoms in total. The van der Waals surface area contributed by atoms with E-state index >= 15 is 0 Å². The molecular weight excluding hydrogens is 236 g/mol. The smallest absolute Gasteiger partial charge is 0.0657 e. The summed E-state index contributed by atoms with van der Waals surface area (Å²) in [5, 5.41) is 4.26. The van der Waals surface area contributed by atoms with Crippen molar-refractivity contribution >= 4 is 0 Å². The van der Waals surface area contributed by atoms with E-state index in [2.05, 4.69) is 23.5 Å². The first-order chi connectivity index (χ1) is 9.26. The van der Waals surface area contributed by atoms with E-state index in [4.69, 9.17) is 5.84 Å². The van der Waals surface area contributed by atoms with Crippen molar-refractivity contribution in [2.45, 2.75) is 57.9 Å². The van der Waals surface area contributed by atoms with Gasteiger partial charge in [0.2, 0.25) is 0 Å². The van der Waals surface area contributed by atoms with Crippen molar-refractivity contribution in [1.29, 1.82) is 0 Å². The van der Waals surface area contributed by atoms with E-state index < -0.39 is 0 Å². The van der Waals surface area contributed by atoms with Crippen LogP contribution in [-0.4, -0.2) is 9.78 Å². The van der Waals surface area contributed by atoms with Gasteiger partial charge in [0.05, 0.1) is 11.7 Å². The lowest BCUT2D eigenvalue weighted by Gasteiger charge is -2.33. The predicted molar refractivity (Wildman–Crippen MR) is 78.2 cm³/mol. The van der Waals surface area contributed by atoms with E-state index in [1.165, 1.54) is 50.6 Å². The Bertz CT molecular complexity index is 366. The molecule has 1 aliphatic carbocycles. The molecule has 3 N–H and O–H groups in total. The van der Waals surface area contributed by atoms with Gasteiger partial charge in [-0.25, -0.2) is 0 Å². The van der Waals surface area contributed by atoms with Crippen LogP contribution in [0.25, 0.3) is 0 Å². The molecule has 1 aromatic heterocycles. The van der Waals surface area contributed by atoms with Crippen molar-refractivity contribution < 1.29 is 0 Å². The zero-order valence-corrected chi connectivity index (χ0v) is 12.3. The van der Waals surface area contributed by atoms with Crippen LogP contribution in [0.2, 0.25) is 0 Å². The van der Waals surface area contributed by atoms with E-state index in [0.29, 0.717) is 5.92 Å². The second-order valence-corrected chi connectivity index (χ2v) is 5.95. The van der Waals surface area contributed by atoms with Crippen LogP contribution in [0.4, 0.5) is 0 Å². The van der Waals surface area contributed by atoms with Gasteiger partial charge in [-0.1, -0.05) is 39.0 Å². The lowest BCUT2D eigenvalue weighted by molar-refractivity contribution is 0.209. The molecule has 108 valence electrons. The molecule has 1 atom stereocenters. The van der Waals surface area contributed by atoms with Gasteiger partial charge in [-0.15, -0.1) is 0 Å². The molecule has 0 spiro atoms. The average Bonchev–Trinajstić information content (AvgIpc) is 2.85. The topological polar surface area (TPSA) is 55.9 Å². The molecule has 1 fully saturated rings. The fourth-order valence-corrected chi connectivity index (χ4v) is 3.46. The van der Waals surface area contributed by atoms with Crippen LogP contribution in [0.3, 0.4) is 0 Å². The fraction of sp³-hybridized carbons (Fsp3) is 0.800. The lowest BCUT2D eigenvalue weighted by atomic mass is 9.76. The summed E-state index contributed by atoms with van der Waals surface area (Å²) in [6.07, 6.45) is 11.3. The molecule has 1 aliphatic rings. The summed E-state index contributed by atoms with van der Waals surface area (Å²) in [5.74, 6) is 7.38. The number of nitrogens with two attached hydrogens (primary N) is 1. The highest BCUT2D eigenvalue weighted by atomic mass is 15.3. The summed E-state index contributed by atoms with van der Waals surface area (Å²) in [5.41, 5.74) is 4.22. The SMILES string of the molecule is CCCCC1CCC(C(NN)c2ccnn2C)CC1. The summed E-state index contributed by atoms with van der Waals surface area (Å²) in [7, 11) is 1.99. The van der Waals surface area contributed by atoms with Gasteiger partial charge in [0.15, 0.2) is 0 Å². The number of aryl methyl sites for hydroxylation is 1. The number of hydrogen-bond donors (Lipinski definition) is 2. The van der Waals surface area contributed by atoms with Crippen molar-refractivity contribution in [3.8, 4) is 0 Å². The highest BCUT2D eigenvalue weighted by Gasteiger charge is 2.29. The van der Waals surface area contributed by atoms with E-state index in [-0.39, 0.29) is 6.04 Å². The Kier molecular flexibility index (Phi) is 5.40. The molecule has 1 unspecified atom stereocenters. The molecule has 0 aliphatic heterocycles. The normalized spacial score (nSPS) is 25.4. The van der Waals surface area contributed by atoms with Gasteiger partial charge < -0.3 is 0 Å². The van der Waals surface area contributed by atoms with Gasteiger partial charge in [-0.05, 0) is 30.7 Å². The quantitative estimate of drug-likeness (QED) is 0.613. The first-order valence-corrected chi connectivity index (χ1v) is 7.70. The second-order valence-electron chi connectivity index (χ2n) is 5.95. The van der Waals surface area contributed by atoms with Gasteiger partial charge >= 0.3 is 0 Å². The Morgan fingerprint density at radius 3 is 2.68 bits per heavy atom. The molecule has 2 rings (SSSR count). The average molecular weight is 264 g/mol. The minimum atomic E-state index is 0.250. The van der Waals surface area contributed by atoms with Crippen LogP contribution in [-0.2, 0) is 7.05 Å². The van der Waals surface area contributed by atoms with Crippen molar-refractivity contribution in [1.82, 2.24) is 15.2 Å². The van der Waals surface area contributed by atoms with Crippen LogP contribution in [0.15, 0.2) is 12.3 Å². The number of hydrazine groups is 1. The van der Waals surface area contributed by atoms with Crippen LogP contribution in [0.5, 0.6) is 0 Å². The second kappa shape index (κ2) is 7.06. The number of hydrogen-bond acceptors (Lipinski definition) is 3. The van der Waals surface area contributed by atoms with Crippen LogP contribution in [0.1, 0.15) is 63.6 Å². The zero-order chi connectivity index (χ0) is 13.7. The van der Waals surface area contributed by atoms with Gasteiger partial charge in [-0.3, -0.25) is 16.0 Å². The number of rotatable bonds is 6. The Labute approximate surface area is 116 Å². The van der Waals surface area contributed by atoms with Crippen LogP contribution in [0, 0.1) is 11.8 Å². The maximum atomic E-state index is 5.79. The third kappa shape index (κ3) is 3.57. The lowest BCUT2D eigenvalue weighted by Crippen LogP contribution is -2.36. The van der Waals surface area contributed by atoms with E-state index in [0.717, 1.165) is 5.92 Å². The molecule has 1 aromatic rings. The Hall–Kier alpha value is -0.870. The molecule has 1 saturated carbocycles. The van der Waals surface area contributed by atoms with E-state index in [1.807, 2.05) is 17.9 Å². The van der Waals surface area contributed by atoms with Gasteiger partial charge in [0, 0.05) is 13.2 Å². The Morgan fingerprint density at radius 2 is 2.16 bits per heavy atom. The molecular formula is C15H28N4. The molecule has 4 heteroatoms. The van der Waals surface area contributed by atoms with Crippen molar-refractivity contribution in [2.75, 3.05) is 0 Å². The van der Waals surface area contributed by atoms with Crippen LogP contribution >= 0.6 is 0 Å².